The number of likely N-dealkylation sites (tertiary alicyclic amines) is 1. The standard InChI is InChI=1S/C13H23ClN4/c1-11(10-18-6-4-3-5-7-18)15-9-13-16-8-12(14)17(13)2/h8,11,15H,3-7,9-10H2,1-2H3. The Kier molecular flexibility index (Phi) is 5.03. The molecule has 0 amide bonds. The number of aromatic nitrogens is 2. The fourth-order valence-corrected chi connectivity index (χ4v) is 2.59. The summed E-state index contributed by atoms with van der Waals surface area (Å²) in [6.45, 7) is 6.63. The predicted octanol–water partition coefficient (Wildman–Crippen LogP) is 2.04. The smallest absolute Gasteiger partial charge is 0.128 e. The molecule has 18 heavy (non-hydrogen) atoms. The van der Waals surface area contributed by atoms with E-state index in [1.54, 1.807) is 6.20 Å². The molecule has 2 rings (SSSR count). The molecule has 1 aliphatic heterocycles. The lowest BCUT2D eigenvalue weighted by atomic mass is 10.1. The molecule has 1 fully saturated rings. The van der Waals surface area contributed by atoms with E-state index >= 15 is 0 Å². The van der Waals surface area contributed by atoms with E-state index in [9.17, 15) is 0 Å². The number of nitrogens with zero attached hydrogens (tertiary/aromatic N) is 3. The maximum absolute atomic E-state index is 5.96. The predicted molar refractivity (Wildman–Crippen MR) is 74.8 cm³/mol. The van der Waals surface area contributed by atoms with Crippen LogP contribution in [0.1, 0.15) is 32.0 Å². The van der Waals surface area contributed by atoms with Crippen LogP contribution in [0.2, 0.25) is 5.15 Å². The second-order valence-electron chi connectivity index (χ2n) is 5.20. The Balaban J connectivity index is 1.74. The lowest BCUT2D eigenvalue weighted by Crippen LogP contribution is -2.41. The van der Waals surface area contributed by atoms with Crippen LogP contribution in [-0.2, 0) is 13.6 Å². The first-order chi connectivity index (χ1) is 8.66. The van der Waals surface area contributed by atoms with Gasteiger partial charge >= 0.3 is 0 Å². The molecule has 0 bridgehead atoms. The van der Waals surface area contributed by atoms with Gasteiger partial charge < -0.3 is 14.8 Å². The van der Waals surface area contributed by atoms with Gasteiger partial charge in [0.05, 0.1) is 12.7 Å². The summed E-state index contributed by atoms with van der Waals surface area (Å²) < 4.78 is 1.92. The Morgan fingerprint density at radius 1 is 1.39 bits per heavy atom. The summed E-state index contributed by atoms with van der Waals surface area (Å²) in [7, 11) is 1.95. The van der Waals surface area contributed by atoms with Gasteiger partial charge in [0.25, 0.3) is 0 Å². The van der Waals surface area contributed by atoms with Gasteiger partial charge in [0.15, 0.2) is 0 Å². The van der Waals surface area contributed by atoms with E-state index < -0.39 is 0 Å². The minimum atomic E-state index is 0.485. The van der Waals surface area contributed by atoms with E-state index in [2.05, 4.69) is 22.1 Å². The molecule has 1 aromatic rings. The molecule has 0 aromatic carbocycles. The molecule has 1 atom stereocenters. The van der Waals surface area contributed by atoms with Crippen molar-refractivity contribution in [2.45, 2.75) is 38.8 Å². The molecule has 102 valence electrons. The molecule has 0 radical (unpaired) electrons. The van der Waals surface area contributed by atoms with Crippen LogP contribution < -0.4 is 5.32 Å². The topological polar surface area (TPSA) is 33.1 Å². The largest absolute Gasteiger partial charge is 0.321 e. The maximum Gasteiger partial charge on any atom is 0.128 e. The summed E-state index contributed by atoms with van der Waals surface area (Å²) in [6.07, 6.45) is 5.79. The van der Waals surface area contributed by atoms with Gasteiger partial charge in [-0.25, -0.2) is 4.98 Å². The highest BCUT2D eigenvalue weighted by atomic mass is 35.5. The summed E-state index contributed by atoms with van der Waals surface area (Å²) in [5.41, 5.74) is 0. The number of halogens is 1. The quantitative estimate of drug-likeness (QED) is 0.889. The Morgan fingerprint density at radius 2 is 2.11 bits per heavy atom. The van der Waals surface area contributed by atoms with E-state index in [1.165, 1.54) is 32.4 Å². The highest BCUT2D eigenvalue weighted by molar-refractivity contribution is 6.29. The Hall–Kier alpha value is -0.580. The average molecular weight is 271 g/mol. The van der Waals surface area contributed by atoms with Gasteiger partial charge in [-0.1, -0.05) is 18.0 Å². The first-order valence-electron chi connectivity index (χ1n) is 6.78. The van der Waals surface area contributed by atoms with Crippen molar-refractivity contribution in [3.63, 3.8) is 0 Å². The van der Waals surface area contributed by atoms with Crippen LogP contribution >= 0.6 is 11.6 Å². The van der Waals surface area contributed by atoms with E-state index in [-0.39, 0.29) is 0 Å². The normalized spacial score (nSPS) is 19.1. The van der Waals surface area contributed by atoms with Crippen molar-refractivity contribution in [1.29, 1.82) is 0 Å². The SMILES string of the molecule is CC(CN1CCCCC1)NCc1ncc(Cl)n1C. The lowest BCUT2D eigenvalue weighted by Gasteiger charge is -2.29. The summed E-state index contributed by atoms with van der Waals surface area (Å²) >= 11 is 5.96. The Bertz CT molecular complexity index is 371. The number of piperidine rings is 1. The van der Waals surface area contributed by atoms with E-state index in [1.807, 2.05) is 11.6 Å². The van der Waals surface area contributed by atoms with Gasteiger partial charge in [-0.2, -0.15) is 0 Å². The molecule has 4 nitrogen and oxygen atoms in total. The third kappa shape index (κ3) is 3.70. The fourth-order valence-electron chi connectivity index (χ4n) is 2.45. The van der Waals surface area contributed by atoms with Crippen molar-refractivity contribution in [3.8, 4) is 0 Å². The molecule has 5 heteroatoms. The zero-order valence-electron chi connectivity index (χ0n) is 11.3. The second kappa shape index (κ2) is 6.55. The van der Waals surface area contributed by atoms with E-state index in [4.69, 9.17) is 11.6 Å². The molecular weight excluding hydrogens is 248 g/mol. The van der Waals surface area contributed by atoms with E-state index in [0.29, 0.717) is 11.2 Å². The van der Waals surface area contributed by atoms with Gasteiger partial charge in [-0.15, -0.1) is 0 Å². The highest BCUT2D eigenvalue weighted by Crippen LogP contribution is 2.10. The van der Waals surface area contributed by atoms with Gasteiger partial charge in [0.2, 0.25) is 0 Å². The van der Waals surface area contributed by atoms with Crippen LogP contribution in [0.25, 0.3) is 0 Å². The van der Waals surface area contributed by atoms with Crippen molar-refractivity contribution in [2.75, 3.05) is 19.6 Å². The molecule has 1 aromatic heterocycles. The number of imidazole rings is 1. The molecule has 1 N–H and O–H groups in total. The molecule has 0 spiro atoms. The van der Waals surface area contributed by atoms with Crippen LogP contribution in [0.4, 0.5) is 0 Å². The number of hydrogen-bond acceptors (Lipinski definition) is 3. The number of rotatable bonds is 5. The van der Waals surface area contributed by atoms with Gasteiger partial charge in [-0.05, 0) is 32.9 Å². The van der Waals surface area contributed by atoms with Crippen LogP contribution in [0.5, 0.6) is 0 Å². The molecule has 0 saturated carbocycles. The molecule has 0 aliphatic carbocycles. The van der Waals surface area contributed by atoms with Crippen LogP contribution in [0.3, 0.4) is 0 Å². The fraction of sp³-hybridized carbons (Fsp3) is 0.769. The molecular formula is C13H23ClN4. The average Bonchev–Trinajstić information content (AvgIpc) is 2.69. The van der Waals surface area contributed by atoms with E-state index in [0.717, 1.165) is 18.9 Å². The maximum atomic E-state index is 5.96. The first-order valence-corrected chi connectivity index (χ1v) is 7.16. The first kappa shape index (κ1) is 13.8. The minimum absolute atomic E-state index is 0.485. The van der Waals surface area contributed by atoms with Crippen LogP contribution in [0, 0.1) is 0 Å². The van der Waals surface area contributed by atoms with Crippen LogP contribution in [0.15, 0.2) is 6.20 Å². The van der Waals surface area contributed by atoms with Gasteiger partial charge in [0, 0.05) is 19.6 Å². The molecule has 2 heterocycles. The zero-order chi connectivity index (χ0) is 13.0. The van der Waals surface area contributed by atoms with Gasteiger partial charge in [0.1, 0.15) is 11.0 Å². The third-order valence-electron chi connectivity index (χ3n) is 3.62. The number of nitrogens with one attached hydrogen (secondary N) is 1. The molecule has 1 unspecified atom stereocenters. The summed E-state index contributed by atoms with van der Waals surface area (Å²) in [5.74, 6) is 0.991. The number of hydrogen-bond donors (Lipinski definition) is 1. The van der Waals surface area contributed by atoms with Crippen LogP contribution in [-0.4, -0.2) is 40.1 Å². The lowest BCUT2D eigenvalue weighted by molar-refractivity contribution is 0.208. The zero-order valence-corrected chi connectivity index (χ0v) is 12.1. The summed E-state index contributed by atoms with van der Waals surface area (Å²) in [4.78, 5) is 6.84. The third-order valence-corrected chi connectivity index (χ3v) is 3.97. The van der Waals surface area contributed by atoms with Crippen molar-refractivity contribution in [3.05, 3.63) is 17.2 Å². The summed E-state index contributed by atoms with van der Waals surface area (Å²) in [5, 5.41) is 4.21. The Morgan fingerprint density at radius 3 is 2.72 bits per heavy atom. The Labute approximate surface area is 114 Å². The van der Waals surface area contributed by atoms with Crippen molar-refractivity contribution >= 4 is 11.6 Å². The second-order valence-corrected chi connectivity index (χ2v) is 5.59. The van der Waals surface area contributed by atoms with Gasteiger partial charge in [-0.3, -0.25) is 0 Å². The van der Waals surface area contributed by atoms with Crippen molar-refractivity contribution in [2.24, 2.45) is 7.05 Å². The highest BCUT2D eigenvalue weighted by Gasteiger charge is 2.13. The monoisotopic (exact) mass is 270 g/mol. The minimum Gasteiger partial charge on any atom is -0.321 e. The van der Waals surface area contributed by atoms with Crippen molar-refractivity contribution < 1.29 is 0 Å². The molecule has 1 saturated heterocycles. The van der Waals surface area contributed by atoms with Crippen molar-refractivity contribution in [1.82, 2.24) is 19.8 Å². The summed E-state index contributed by atoms with van der Waals surface area (Å²) in [6, 6.07) is 0.485. The molecule has 1 aliphatic rings.